The van der Waals surface area contributed by atoms with Gasteiger partial charge in [-0.2, -0.15) is 0 Å². The van der Waals surface area contributed by atoms with Crippen LogP contribution in [0.5, 0.6) is 0 Å². The number of nitrogens with one attached hydrogen (secondary N) is 1. The van der Waals surface area contributed by atoms with Gasteiger partial charge >= 0.3 is 5.97 Å². The average molecular weight is 341 g/mol. The highest BCUT2D eigenvalue weighted by Gasteiger charge is 2.16. The third-order valence-corrected chi connectivity index (χ3v) is 4.10. The standard InChI is InChI=1S/C21H15N3O2/c25-21(26)17-8-4-7-16(13-17)19-18(14-9-11-22-12-10-14)23-20(24-19)15-5-2-1-3-6-15/h1-13H,(H,23,24)(H,25,26). The van der Waals surface area contributed by atoms with E-state index in [1.807, 2.05) is 48.5 Å². The Bertz CT molecular complexity index is 1060. The molecule has 5 heteroatoms. The Hall–Kier alpha value is -3.73. The molecule has 26 heavy (non-hydrogen) atoms. The Morgan fingerprint density at radius 1 is 0.846 bits per heavy atom. The van der Waals surface area contributed by atoms with Gasteiger partial charge in [-0.25, -0.2) is 9.78 Å². The molecule has 2 N–H and O–H groups in total. The van der Waals surface area contributed by atoms with Crippen LogP contribution < -0.4 is 0 Å². The van der Waals surface area contributed by atoms with E-state index in [0.717, 1.165) is 33.9 Å². The van der Waals surface area contributed by atoms with Gasteiger partial charge in [0.25, 0.3) is 0 Å². The molecule has 0 fully saturated rings. The molecule has 0 aliphatic heterocycles. The molecule has 4 aromatic rings. The predicted octanol–water partition coefficient (Wildman–Crippen LogP) is 4.50. The van der Waals surface area contributed by atoms with Gasteiger partial charge in [0.05, 0.1) is 17.0 Å². The van der Waals surface area contributed by atoms with Gasteiger partial charge in [-0.1, -0.05) is 42.5 Å². The Labute approximate surface area is 150 Å². The van der Waals surface area contributed by atoms with Gasteiger partial charge in [-0.15, -0.1) is 0 Å². The third-order valence-electron chi connectivity index (χ3n) is 4.10. The number of hydrogen-bond donors (Lipinski definition) is 2. The van der Waals surface area contributed by atoms with Gasteiger partial charge in [0.2, 0.25) is 0 Å². The van der Waals surface area contributed by atoms with Crippen molar-refractivity contribution in [3.63, 3.8) is 0 Å². The average Bonchev–Trinajstić information content (AvgIpc) is 3.15. The number of aromatic carboxylic acids is 1. The first-order valence-electron chi connectivity index (χ1n) is 8.12. The molecule has 0 aliphatic rings. The second-order valence-electron chi connectivity index (χ2n) is 5.80. The second kappa shape index (κ2) is 6.64. The number of nitrogens with zero attached hydrogens (tertiary/aromatic N) is 2. The van der Waals surface area contributed by atoms with Gasteiger partial charge in [0.15, 0.2) is 0 Å². The summed E-state index contributed by atoms with van der Waals surface area (Å²) in [6, 6.07) is 20.4. The minimum absolute atomic E-state index is 0.235. The third kappa shape index (κ3) is 2.98. The molecule has 5 nitrogen and oxygen atoms in total. The SMILES string of the molecule is O=C(O)c1cccc(-c2[nH]c(-c3ccccc3)nc2-c2ccncc2)c1. The van der Waals surface area contributed by atoms with Crippen LogP contribution in [0.25, 0.3) is 33.9 Å². The van der Waals surface area contributed by atoms with Crippen molar-refractivity contribution in [3.05, 3.63) is 84.7 Å². The van der Waals surface area contributed by atoms with Crippen LogP contribution in [0.2, 0.25) is 0 Å². The van der Waals surface area contributed by atoms with Crippen LogP contribution in [0.3, 0.4) is 0 Å². The fourth-order valence-electron chi connectivity index (χ4n) is 2.84. The molecular formula is C21H15N3O2. The lowest BCUT2D eigenvalue weighted by Crippen LogP contribution is -1.96. The normalized spacial score (nSPS) is 10.6. The molecule has 0 atom stereocenters. The molecule has 0 radical (unpaired) electrons. The molecule has 0 amide bonds. The number of carboxylic acid groups (broad SMARTS) is 1. The zero-order valence-electron chi connectivity index (χ0n) is 13.8. The number of hydrogen-bond acceptors (Lipinski definition) is 3. The maximum atomic E-state index is 11.3. The summed E-state index contributed by atoms with van der Waals surface area (Å²) in [5, 5.41) is 9.29. The second-order valence-corrected chi connectivity index (χ2v) is 5.80. The Balaban J connectivity index is 1.91. The summed E-state index contributed by atoms with van der Waals surface area (Å²) in [5.74, 6) is -0.228. The van der Waals surface area contributed by atoms with E-state index in [1.54, 1.807) is 30.6 Å². The topological polar surface area (TPSA) is 78.9 Å². The monoisotopic (exact) mass is 341 g/mol. The minimum atomic E-state index is -0.958. The number of pyridine rings is 1. The molecule has 0 bridgehead atoms. The molecule has 2 aromatic heterocycles. The molecule has 4 rings (SSSR count). The first-order chi connectivity index (χ1) is 12.7. The van der Waals surface area contributed by atoms with Crippen LogP contribution in [0.15, 0.2) is 79.1 Å². The van der Waals surface area contributed by atoms with E-state index in [1.165, 1.54) is 0 Å². The smallest absolute Gasteiger partial charge is 0.335 e. The highest BCUT2D eigenvalue weighted by Crippen LogP contribution is 2.33. The Morgan fingerprint density at radius 2 is 1.58 bits per heavy atom. The first-order valence-corrected chi connectivity index (χ1v) is 8.12. The van der Waals surface area contributed by atoms with E-state index >= 15 is 0 Å². The highest BCUT2D eigenvalue weighted by molar-refractivity contribution is 5.90. The molecule has 0 saturated carbocycles. The van der Waals surface area contributed by atoms with E-state index in [-0.39, 0.29) is 5.56 Å². The molecule has 0 saturated heterocycles. The minimum Gasteiger partial charge on any atom is -0.478 e. The zero-order chi connectivity index (χ0) is 17.9. The summed E-state index contributed by atoms with van der Waals surface area (Å²) in [5.41, 5.74) is 4.41. The van der Waals surface area contributed by atoms with Crippen molar-refractivity contribution in [2.75, 3.05) is 0 Å². The summed E-state index contributed by atoms with van der Waals surface area (Å²) >= 11 is 0. The molecule has 2 aromatic carbocycles. The van der Waals surface area contributed by atoms with Crippen LogP contribution in [0.1, 0.15) is 10.4 Å². The number of aromatic nitrogens is 3. The van der Waals surface area contributed by atoms with Crippen LogP contribution in [-0.2, 0) is 0 Å². The lowest BCUT2D eigenvalue weighted by Gasteiger charge is -2.04. The van der Waals surface area contributed by atoms with Gasteiger partial charge in [-0.3, -0.25) is 4.98 Å². The number of aromatic amines is 1. The number of carbonyl (C=O) groups is 1. The van der Waals surface area contributed by atoms with Crippen molar-refractivity contribution in [2.24, 2.45) is 0 Å². The maximum Gasteiger partial charge on any atom is 0.335 e. The summed E-state index contributed by atoms with van der Waals surface area (Å²) in [6.45, 7) is 0. The van der Waals surface area contributed by atoms with Crippen molar-refractivity contribution >= 4 is 5.97 Å². The van der Waals surface area contributed by atoms with Gasteiger partial charge in [0, 0.05) is 29.1 Å². The van der Waals surface area contributed by atoms with Gasteiger partial charge < -0.3 is 10.1 Å². The fraction of sp³-hybridized carbons (Fsp3) is 0. The van der Waals surface area contributed by atoms with E-state index < -0.39 is 5.97 Å². The quantitative estimate of drug-likeness (QED) is 0.573. The molecular weight excluding hydrogens is 326 g/mol. The van der Waals surface area contributed by atoms with E-state index in [9.17, 15) is 9.90 Å². The fourth-order valence-corrected chi connectivity index (χ4v) is 2.84. The largest absolute Gasteiger partial charge is 0.478 e. The molecule has 0 unspecified atom stereocenters. The summed E-state index contributed by atoms with van der Waals surface area (Å²) in [7, 11) is 0. The predicted molar refractivity (Wildman–Crippen MR) is 99.7 cm³/mol. The van der Waals surface area contributed by atoms with Crippen molar-refractivity contribution in [1.29, 1.82) is 0 Å². The Kier molecular flexibility index (Phi) is 4.03. The van der Waals surface area contributed by atoms with E-state index in [2.05, 4.69) is 9.97 Å². The van der Waals surface area contributed by atoms with Crippen molar-refractivity contribution in [3.8, 4) is 33.9 Å². The van der Waals surface area contributed by atoms with E-state index in [4.69, 9.17) is 4.98 Å². The number of carboxylic acids is 1. The highest BCUT2D eigenvalue weighted by atomic mass is 16.4. The van der Waals surface area contributed by atoms with E-state index in [0.29, 0.717) is 0 Å². The number of benzene rings is 2. The number of imidazole rings is 1. The molecule has 126 valence electrons. The Morgan fingerprint density at radius 3 is 2.31 bits per heavy atom. The molecule has 0 aliphatic carbocycles. The maximum absolute atomic E-state index is 11.3. The van der Waals surface area contributed by atoms with Crippen molar-refractivity contribution in [1.82, 2.24) is 15.0 Å². The summed E-state index contributed by atoms with van der Waals surface area (Å²) in [4.78, 5) is 23.5. The van der Waals surface area contributed by atoms with Crippen LogP contribution >= 0.6 is 0 Å². The number of H-pyrrole nitrogens is 1. The summed E-state index contributed by atoms with van der Waals surface area (Å²) in [6.07, 6.45) is 3.42. The lowest BCUT2D eigenvalue weighted by atomic mass is 10.0. The first kappa shape index (κ1) is 15.8. The number of rotatable bonds is 4. The van der Waals surface area contributed by atoms with Crippen molar-refractivity contribution in [2.45, 2.75) is 0 Å². The van der Waals surface area contributed by atoms with Crippen LogP contribution in [0.4, 0.5) is 0 Å². The zero-order valence-corrected chi connectivity index (χ0v) is 13.8. The summed E-state index contributed by atoms with van der Waals surface area (Å²) < 4.78 is 0. The molecule has 2 heterocycles. The van der Waals surface area contributed by atoms with Crippen molar-refractivity contribution < 1.29 is 9.90 Å². The molecule has 0 spiro atoms. The van der Waals surface area contributed by atoms with Gasteiger partial charge in [0.1, 0.15) is 5.82 Å². The van der Waals surface area contributed by atoms with Crippen LogP contribution in [-0.4, -0.2) is 26.0 Å². The van der Waals surface area contributed by atoms with Crippen LogP contribution in [0, 0.1) is 0 Å². The lowest BCUT2D eigenvalue weighted by molar-refractivity contribution is 0.0697. The van der Waals surface area contributed by atoms with Gasteiger partial charge in [-0.05, 0) is 24.3 Å².